The number of benzene rings is 2. The van der Waals surface area contributed by atoms with Crippen LogP contribution in [0.5, 0.6) is 5.75 Å². The van der Waals surface area contributed by atoms with E-state index in [2.05, 4.69) is 0 Å². The number of ether oxygens (including phenoxy) is 1. The van der Waals surface area contributed by atoms with Crippen molar-refractivity contribution in [3.8, 4) is 5.75 Å². The molecule has 2 aromatic rings. The van der Waals surface area contributed by atoms with Crippen molar-refractivity contribution in [2.45, 2.75) is 13.3 Å². The molecule has 0 spiro atoms. The third kappa shape index (κ3) is 3.54. The summed E-state index contributed by atoms with van der Waals surface area (Å²) in [6, 6.07) is 15.9. The van der Waals surface area contributed by atoms with E-state index >= 15 is 0 Å². The minimum Gasteiger partial charge on any atom is -0.485 e. The molecule has 0 saturated heterocycles. The predicted molar refractivity (Wildman–Crippen MR) is 77.3 cm³/mol. The van der Waals surface area contributed by atoms with Gasteiger partial charge >= 0.3 is 0 Å². The molecule has 0 aliphatic heterocycles. The zero-order valence-electron chi connectivity index (χ0n) is 11.3. The van der Waals surface area contributed by atoms with Crippen molar-refractivity contribution in [2.24, 2.45) is 0 Å². The van der Waals surface area contributed by atoms with E-state index < -0.39 is 0 Å². The van der Waals surface area contributed by atoms with Crippen molar-refractivity contribution >= 4 is 11.6 Å². The topological polar surface area (TPSA) is 43.4 Å². The van der Waals surface area contributed by atoms with Crippen LogP contribution in [0.15, 0.2) is 54.6 Å². The molecule has 0 aromatic heterocycles. The van der Waals surface area contributed by atoms with Crippen LogP contribution in [0.2, 0.25) is 0 Å². The van der Waals surface area contributed by atoms with Crippen LogP contribution in [0.4, 0.5) is 0 Å². The van der Waals surface area contributed by atoms with Gasteiger partial charge in [-0.1, -0.05) is 37.3 Å². The summed E-state index contributed by atoms with van der Waals surface area (Å²) in [5.74, 6) is 0.609. The van der Waals surface area contributed by atoms with E-state index in [-0.39, 0.29) is 18.2 Å². The zero-order valence-corrected chi connectivity index (χ0v) is 11.3. The van der Waals surface area contributed by atoms with Gasteiger partial charge in [0.2, 0.25) is 0 Å². The summed E-state index contributed by atoms with van der Waals surface area (Å²) >= 11 is 0. The minimum atomic E-state index is -0.0701. The molecule has 0 aliphatic rings. The van der Waals surface area contributed by atoms with Crippen LogP contribution < -0.4 is 4.74 Å². The summed E-state index contributed by atoms with van der Waals surface area (Å²) < 4.78 is 5.43. The maximum atomic E-state index is 11.9. The van der Waals surface area contributed by atoms with Crippen molar-refractivity contribution in [3.05, 3.63) is 65.7 Å². The average molecular weight is 268 g/mol. The second-order valence-electron chi connectivity index (χ2n) is 4.38. The van der Waals surface area contributed by atoms with E-state index in [0.29, 0.717) is 23.3 Å². The van der Waals surface area contributed by atoms with Crippen molar-refractivity contribution < 1.29 is 14.3 Å². The maximum Gasteiger partial charge on any atom is 0.200 e. The Labute approximate surface area is 118 Å². The predicted octanol–water partition coefficient (Wildman–Crippen LogP) is 3.54. The van der Waals surface area contributed by atoms with Gasteiger partial charge in [0.15, 0.2) is 18.2 Å². The van der Waals surface area contributed by atoms with Crippen LogP contribution >= 0.6 is 0 Å². The van der Waals surface area contributed by atoms with Crippen LogP contribution in [0, 0.1) is 0 Å². The normalized spacial score (nSPS) is 10.1. The Morgan fingerprint density at radius 3 is 2.05 bits per heavy atom. The van der Waals surface area contributed by atoms with Gasteiger partial charge in [-0.2, -0.15) is 0 Å². The highest BCUT2D eigenvalue weighted by molar-refractivity contribution is 5.97. The number of hydrogen-bond acceptors (Lipinski definition) is 3. The van der Waals surface area contributed by atoms with Gasteiger partial charge in [0.1, 0.15) is 5.75 Å². The van der Waals surface area contributed by atoms with Crippen LogP contribution in [0.25, 0.3) is 0 Å². The van der Waals surface area contributed by atoms with Gasteiger partial charge in [-0.05, 0) is 24.3 Å². The van der Waals surface area contributed by atoms with E-state index in [0.717, 1.165) is 0 Å². The van der Waals surface area contributed by atoms with Gasteiger partial charge in [0.25, 0.3) is 0 Å². The van der Waals surface area contributed by atoms with Gasteiger partial charge in [0.05, 0.1) is 0 Å². The van der Waals surface area contributed by atoms with Crippen molar-refractivity contribution in [3.63, 3.8) is 0 Å². The molecule has 0 radical (unpaired) electrons. The summed E-state index contributed by atoms with van der Waals surface area (Å²) in [7, 11) is 0. The first-order chi connectivity index (χ1) is 9.70. The molecule has 102 valence electrons. The lowest BCUT2D eigenvalue weighted by atomic mass is 10.1. The molecule has 0 N–H and O–H groups in total. The van der Waals surface area contributed by atoms with E-state index in [1.165, 1.54) is 0 Å². The maximum absolute atomic E-state index is 11.9. The van der Waals surface area contributed by atoms with Gasteiger partial charge in [-0.3, -0.25) is 9.59 Å². The highest BCUT2D eigenvalue weighted by atomic mass is 16.5. The third-order valence-corrected chi connectivity index (χ3v) is 2.96. The fraction of sp³-hybridized carbons (Fsp3) is 0.176. The highest BCUT2D eigenvalue weighted by Crippen LogP contribution is 2.14. The van der Waals surface area contributed by atoms with E-state index in [1.807, 2.05) is 25.1 Å². The van der Waals surface area contributed by atoms with Crippen LogP contribution in [-0.4, -0.2) is 18.2 Å². The summed E-state index contributed by atoms with van der Waals surface area (Å²) in [6.07, 6.45) is 0.479. The minimum absolute atomic E-state index is 0.00885. The quantitative estimate of drug-likeness (QED) is 0.753. The number of hydrogen-bond donors (Lipinski definition) is 0. The first-order valence-electron chi connectivity index (χ1n) is 6.55. The lowest BCUT2D eigenvalue weighted by Gasteiger charge is -2.06. The van der Waals surface area contributed by atoms with Gasteiger partial charge in [-0.25, -0.2) is 0 Å². The number of Topliss-reactive ketones (excluding diaryl/α,β-unsaturated/α-hetero) is 2. The van der Waals surface area contributed by atoms with Crippen molar-refractivity contribution in [2.75, 3.05) is 6.61 Å². The molecule has 0 aliphatic carbocycles. The third-order valence-electron chi connectivity index (χ3n) is 2.96. The van der Waals surface area contributed by atoms with Crippen LogP contribution in [0.1, 0.15) is 34.1 Å². The molecule has 2 aromatic carbocycles. The number of rotatable bonds is 6. The van der Waals surface area contributed by atoms with Gasteiger partial charge < -0.3 is 4.74 Å². The largest absolute Gasteiger partial charge is 0.485 e. The average Bonchev–Trinajstić information content (AvgIpc) is 2.53. The Hall–Kier alpha value is -2.42. The Balaban J connectivity index is 1.94. The number of carbonyl (C=O) groups excluding carboxylic acids is 2. The van der Waals surface area contributed by atoms with Crippen LogP contribution in [-0.2, 0) is 0 Å². The molecule has 0 unspecified atom stereocenters. The second-order valence-corrected chi connectivity index (χ2v) is 4.38. The van der Waals surface area contributed by atoms with E-state index in [4.69, 9.17) is 4.74 Å². The summed E-state index contributed by atoms with van der Waals surface area (Å²) in [4.78, 5) is 23.3. The molecule has 0 heterocycles. The molecule has 0 saturated carbocycles. The van der Waals surface area contributed by atoms with Crippen molar-refractivity contribution in [1.82, 2.24) is 0 Å². The molecule has 0 amide bonds. The Morgan fingerprint density at radius 1 is 0.850 bits per heavy atom. The highest BCUT2D eigenvalue weighted by Gasteiger charge is 2.07. The van der Waals surface area contributed by atoms with E-state index in [9.17, 15) is 9.59 Å². The molecule has 2 rings (SSSR count). The molecular weight excluding hydrogens is 252 g/mol. The Kier molecular flexibility index (Phi) is 4.66. The fourth-order valence-electron chi connectivity index (χ4n) is 1.80. The number of carbonyl (C=O) groups is 2. The van der Waals surface area contributed by atoms with Crippen LogP contribution in [0.3, 0.4) is 0 Å². The Morgan fingerprint density at radius 2 is 1.45 bits per heavy atom. The summed E-state index contributed by atoms with van der Waals surface area (Å²) in [5.41, 5.74) is 1.29. The monoisotopic (exact) mass is 268 g/mol. The molecule has 3 nitrogen and oxygen atoms in total. The first kappa shape index (κ1) is 14.0. The molecule has 0 fully saturated rings. The molecule has 0 atom stereocenters. The van der Waals surface area contributed by atoms with E-state index in [1.54, 1.807) is 36.4 Å². The first-order valence-corrected chi connectivity index (χ1v) is 6.55. The number of ketones is 2. The fourth-order valence-corrected chi connectivity index (χ4v) is 1.80. The summed E-state index contributed by atoms with van der Waals surface area (Å²) in [6.45, 7) is 1.82. The zero-order chi connectivity index (χ0) is 14.4. The molecule has 0 bridgehead atoms. The Bertz CT molecular complexity index is 585. The van der Waals surface area contributed by atoms with Gasteiger partial charge in [0, 0.05) is 17.5 Å². The SMILES string of the molecule is CCC(=O)c1ccc(OCC(=O)c2ccccc2)cc1. The summed E-state index contributed by atoms with van der Waals surface area (Å²) in [5, 5.41) is 0. The lowest BCUT2D eigenvalue weighted by molar-refractivity contribution is 0.0920. The molecular formula is C17H16O3. The molecule has 3 heteroatoms. The van der Waals surface area contributed by atoms with Crippen molar-refractivity contribution in [1.29, 1.82) is 0 Å². The standard InChI is InChI=1S/C17H16O3/c1-2-16(18)14-8-10-15(11-9-14)20-12-17(19)13-6-4-3-5-7-13/h3-11H,2,12H2,1H3. The van der Waals surface area contributed by atoms with Gasteiger partial charge in [-0.15, -0.1) is 0 Å². The molecule has 20 heavy (non-hydrogen) atoms. The lowest BCUT2D eigenvalue weighted by Crippen LogP contribution is -2.11. The second kappa shape index (κ2) is 6.66. The smallest absolute Gasteiger partial charge is 0.200 e.